The molecule has 0 aromatic heterocycles. The normalized spacial score (nSPS) is 22.5. The zero-order chi connectivity index (χ0) is 8.81. The lowest BCUT2D eigenvalue weighted by Gasteiger charge is -2.31. The van der Waals surface area contributed by atoms with Crippen LogP contribution >= 0.6 is 0 Å². The highest BCUT2D eigenvalue weighted by Gasteiger charge is 2.16. The first-order valence-electron chi connectivity index (χ1n) is 4.63. The van der Waals surface area contributed by atoms with Gasteiger partial charge in [0.05, 0.1) is 19.8 Å². The third-order valence-electron chi connectivity index (χ3n) is 2.02. The summed E-state index contributed by atoms with van der Waals surface area (Å²) in [6.07, 6.45) is 1.17. The molecule has 0 spiro atoms. The van der Waals surface area contributed by atoms with Crippen LogP contribution in [-0.2, 0) is 9.47 Å². The van der Waals surface area contributed by atoms with Gasteiger partial charge in [0.15, 0.2) is 0 Å². The van der Waals surface area contributed by atoms with Crippen molar-refractivity contribution in [1.29, 1.82) is 0 Å². The molecule has 3 nitrogen and oxygen atoms in total. The third kappa shape index (κ3) is 3.09. The lowest BCUT2D eigenvalue weighted by Crippen LogP contribution is -2.43. The van der Waals surface area contributed by atoms with E-state index in [0.717, 1.165) is 32.7 Å². The highest BCUT2D eigenvalue weighted by atomic mass is 16.5. The molecule has 1 aliphatic rings. The Morgan fingerprint density at radius 3 is 2.75 bits per heavy atom. The molecule has 0 aliphatic carbocycles. The Morgan fingerprint density at radius 1 is 1.50 bits per heavy atom. The smallest absolute Gasteiger partial charge is 0.108 e. The summed E-state index contributed by atoms with van der Waals surface area (Å²) in [6, 6.07) is 0. The van der Waals surface area contributed by atoms with Crippen LogP contribution in [0.1, 0.15) is 20.3 Å². The SMILES string of the molecule is CC[CH]OC(C)N1CCOCC1. The Labute approximate surface area is 74.6 Å². The largest absolute Gasteiger partial charge is 0.379 e. The average molecular weight is 172 g/mol. The summed E-state index contributed by atoms with van der Waals surface area (Å²) < 4.78 is 10.7. The van der Waals surface area contributed by atoms with Crippen LogP contribution < -0.4 is 0 Å². The second-order valence-corrected chi connectivity index (χ2v) is 2.96. The first-order valence-corrected chi connectivity index (χ1v) is 4.63. The van der Waals surface area contributed by atoms with Crippen LogP contribution in [0.25, 0.3) is 0 Å². The number of ether oxygens (including phenoxy) is 2. The van der Waals surface area contributed by atoms with Gasteiger partial charge in [-0.1, -0.05) is 6.92 Å². The quantitative estimate of drug-likeness (QED) is 0.637. The van der Waals surface area contributed by atoms with Gasteiger partial charge in [-0.05, 0) is 13.3 Å². The summed E-state index contributed by atoms with van der Waals surface area (Å²) in [4.78, 5) is 2.29. The van der Waals surface area contributed by atoms with Crippen molar-refractivity contribution in [2.45, 2.75) is 26.5 Å². The molecule has 1 saturated heterocycles. The van der Waals surface area contributed by atoms with Crippen LogP contribution in [0.3, 0.4) is 0 Å². The van der Waals surface area contributed by atoms with Crippen LogP contribution in [0.15, 0.2) is 0 Å². The van der Waals surface area contributed by atoms with Crippen LogP contribution in [0.2, 0.25) is 0 Å². The predicted octanol–water partition coefficient (Wildman–Crippen LogP) is 1.25. The number of morpholine rings is 1. The first kappa shape index (κ1) is 9.96. The zero-order valence-corrected chi connectivity index (χ0v) is 7.95. The molecular formula is C9H18NO2. The Bertz CT molecular complexity index is 113. The molecule has 0 saturated carbocycles. The van der Waals surface area contributed by atoms with Gasteiger partial charge in [0, 0.05) is 13.1 Å². The van der Waals surface area contributed by atoms with Crippen molar-refractivity contribution < 1.29 is 9.47 Å². The van der Waals surface area contributed by atoms with Crippen molar-refractivity contribution in [3.63, 3.8) is 0 Å². The molecule has 3 heteroatoms. The molecule has 1 radical (unpaired) electrons. The second-order valence-electron chi connectivity index (χ2n) is 2.96. The molecular weight excluding hydrogens is 154 g/mol. The summed E-state index contributed by atoms with van der Waals surface area (Å²) >= 11 is 0. The minimum atomic E-state index is 0.203. The van der Waals surface area contributed by atoms with Gasteiger partial charge >= 0.3 is 0 Å². The highest BCUT2D eigenvalue weighted by molar-refractivity contribution is 4.64. The summed E-state index contributed by atoms with van der Waals surface area (Å²) in [5.41, 5.74) is 0. The van der Waals surface area contributed by atoms with Crippen LogP contribution in [0.5, 0.6) is 0 Å². The van der Waals surface area contributed by atoms with Crippen molar-refractivity contribution >= 4 is 0 Å². The van der Waals surface area contributed by atoms with Crippen molar-refractivity contribution in [3.05, 3.63) is 6.61 Å². The molecule has 1 unspecified atom stereocenters. The maximum atomic E-state index is 5.48. The Hall–Kier alpha value is -0.120. The van der Waals surface area contributed by atoms with E-state index in [-0.39, 0.29) is 6.23 Å². The van der Waals surface area contributed by atoms with Crippen molar-refractivity contribution in [2.24, 2.45) is 0 Å². The second kappa shape index (κ2) is 5.51. The lowest BCUT2D eigenvalue weighted by atomic mass is 10.4. The van der Waals surface area contributed by atoms with Gasteiger partial charge in [0.25, 0.3) is 0 Å². The van der Waals surface area contributed by atoms with E-state index in [1.165, 1.54) is 0 Å². The van der Waals surface area contributed by atoms with Gasteiger partial charge in [0.2, 0.25) is 0 Å². The van der Waals surface area contributed by atoms with Crippen molar-refractivity contribution in [2.75, 3.05) is 26.3 Å². The Balaban J connectivity index is 2.15. The molecule has 0 bridgehead atoms. The molecule has 1 atom stereocenters. The minimum absolute atomic E-state index is 0.203. The fraction of sp³-hybridized carbons (Fsp3) is 0.889. The fourth-order valence-electron chi connectivity index (χ4n) is 1.26. The van der Waals surface area contributed by atoms with Crippen molar-refractivity contribution in [3.8, 4) is 0 Å². The summed E-state index contributed by atoms with van der Waals surface area (Å²) in [7, 11) is 0. The van der Waals surface area contributed by atoms with E-state index in [2.05, 4.69) is 18.7 Å². The van der Waals surface area contributed by atoms with Crippen LogP contribution in [0.4, 0.5) is 0 Å². The lowest BCUT2D eigenvalue weighted by molar-refractivity contribution is -0.0679. The molecule has 1 heterocycles. The highest BCUT2D eigenvalue weighted by Crippen LogP contribution is 2.06. The van der Waals surface area contributed by atoms with E-state index in [4.69, 9.17) is 9.47 Å². The number of hydrogen-bond acceptors (Lipinski definition) is 3. The molecule has 1 fully saturated rings. The zero-order valence-electron chi connectivity index (χ0n) is 7.95. The molecule has 71 valence electrons. The molecule has 0 aromatic rings. The Morgan fingerprint density at radius 2 is 2.17 bits per heavy atom. The fourth-order valence-corrected chi connectivity index (χ4v) is 1.26. The third-order valence-corrected chi connectivity index (χ3v) is 2.02. The van der Waals surface area contributed by atoms with E-state index in [1.54, 1.807) is 0 Å². The van der Waals surface area contributed by atoms with Crippen LogP contribution in [0, 0.1) is 6.61 Å². The molecule has 0 N–H and O–H groups in total. The summed E-state index contributed by atoms with van der Waals surface area (Å²) in [6.45, 7) is 9.65. The molecule has 1 rings (SSSR count). The number of rotatable bonds is 4. The monoisotopic (exact) mass is 172 g/mol. The molecule has 0 amide bonds. The standard InChI is InChI=1S/C9H18NO2/c1-3-6-12-9(2)10-4-7-11-8-5-10/h6,9H,3-5,7-8H2,1-2H3. The minimum Gasteiger partial charge on any atom is -0.379 e. The van der Waals surface area contributed by atoms with Gasteiger partial charge < -0.3 is 9.47 Å². The maximum Gasteiger partial charge on any atom is 0.108 e. The van der Waals surface area contributed by atoms with Gasteiger partial charge in [-0.3, -0.25) is 4.90 Å². The van der Waals surface area contributed by atoms with Crippen LogP contribution in [-0.4, -0.2) is 37.4 Å². The average Bonchev–Trinajstić information content (AvgIpc) is 2.15. The maximum absolute atomic E-state index is 5.48. The number of nitrogens with zero attached hydrogens (tertiary/aromatic N) is 1. The first-order chi connectivity index (χ1) is 5.84. The summed E-state index contributed by atoms with van der Waals surface area (Å²) in [5.74, 6) is 0. The van der Waals surface area contributed by atoms with E-state index in [0.29, 0.717) is 0 Å². The van der Waals surface area contributed by atoms with Gasteiger partial charge in [-0.15, -0.1) is 0 Å². The summed E-state index contributed by atoms with van der Waals surface area (Å²) in [5, 5.41) is 0. The topological polar surface area (TPSA) is 21.7 Å². The van der Waals surface area contributed by atoms with Gasteiger partial charge in [0.1, 0.15) is 6.23 Å². The van der Waals surface area contributed by atoms with Gasteiger partial charge in [-0.25, -0.2) is 0 Å². The van der Waals surface area contributed by atoms with E-state index >= 15 is 0 Å². The Kier molecular flexibility index (Phi) is 4.58. The van der Waals surface area contributed by atoms with E-state index in [9.17, 15) is 0 Å². The predicted molar refractivity (Wildman–Crippen MR) is 47.5 cm³/mol. The van der Waals surface area contributed by atoms with Gasteiger partial charge in [-0.2, -0.15) is 0 Å². The van der Waals surface area contributed by atoms with E-state index < -0.39 is 0 Å². The molecule has 12 heavy (non-hydrogen) atoms. The van der Waals surface area contributed by atoms with E-state index in [1.807, 2.05) is 6.61 Å². The molecule has 0 aromatic carbocycles. The molecule has 1 aliphatic heterocycles. The van der Waals surface area contributed by atoms with Crippen molar-refractivity contribution in [1.82, 2.24) is 4.90 Å². The number of hydrogen-bond donors (Lipinski definition) is 0.